The van der Waals surface area contributed by atoms with Crippen molar-refractivity contribution < 1.29 is 5.11 Å². The molecular formula is C14H18N4O. The fraction of sp³-hybridized carbons (Fsp3) is 0.429. The van der Waals surface area contributed by atoms with Gasteiger partial charge in [-0.2, -0.15) is 0 Å². The fourth-order valence-electron chi connectivity index (χ4n) is 2.42. The molecule has 2 heterocycles. The van der Waals surface area contributed by atoms with E-state index in [-0.39, 0.29) is 6.61 Å². The largest absolute Gasteiger partial charge is 0.392 e. The van der Waals surface area contributed by atoms with Gasteiger partial charge in [0.15, 0.2) is 0 Å². The third kappa shape index (κ3) is 2.83. The summed E-state index contributed by atoms with van der Waals surface area (Å²) in [6.07, 6.45) is 3.12. The van der Waals surface area contributed by atoms with Gasteiger partial charge in [-0.1, -0.05) is 12.1 Å². The van der Waals surface area contributed by atoms with Gasteiger partial charge in [-0.05, 0) is 30.7 Å². The minimum Gasteiger partial charge on any atom is -0.392 e. The molecule has 3 rings (SSSR count). The van der Waals surface area contributed by atoms with E-state index in [1.54, 1.807) is 0 Å². The topological polar surface area (TPSA) is 69.0 Å². The number of hydrogen-bond acceptors (Lipinski definition) is 5. The van der Waals surface area contributed by atoms with Crippen molar-refractivity contribution in [3.8, 4) is 0 Å². The average Bonchev–Trinajstić information content (AvgIpc) is 2.48. The number of aliphatic imine (C=N–C) groups is 2. The molecule has 0 spiro atoms. The van der Waals surface area contributed by atoms with E-state index in [0.717, 1.165) is 30.8 Å². The quantitative estimate of drug-likeness (QED) is 0.741. The van der Waals surface area contributed by atoms with E-state index in [9.17, 15) is 0 Å². The zero-order valence-corrected chi connectivity index (χ0v) is 10.7. The van der Waals surface area contributed by atoms with Gasteiger partial charge in [0.2, 0.25) is 5.96 Å². The van der Waals surface area contributed by atoms with E-state index in [2.05, 4.69) is 20.6 Å². The maximum atomic E-state index is 9.00. The summed E-state index contributed by atoms with van der Waals surface area (Å²) in [4.78, 5) is 9.03. The van der Waals surface area contributed by atoms with E-state index >= 15 is 0 Å². The molecule has 5 heteroatoms. The number of nitrogens with one attached hydrogen (secondary N) is 2. The Kier molecular flexibility index (Phi) is 3.57. The van der Waals surface area contributed by atoms with Crippen molar-refractivity contribution in [1.29, 1.82) is 0 Å². The Labute approximate surface area is 112 Å². The monoisotopic (exact) mass is 258 g/mol. The molecule has 3 N–H and O–H groups in total. The summed E-state index contributed by atoms with van der Waals surface area (Å²) in [6.45, 7) is 2.04. The number of aliphatic hydroxyl groups excluding tert-OH is 1. The molecule has 19 heavy (non-hydrogen) atoms. The Bertz CT molecular complexity index is 495. The summed E-state index contributed by atoms with van der Waals surface area (Å²) in [6, 6.07) is 7.93. The Morgan fingerprint density at radius 2 is 2.16 bits per heavy atom. The van der Waals surface area contributed by atoms with Gasteiger partial charge in [0.05, 0.1) is 12.6 Å². The highest BCUT2D eigenvalue weighted by atomic mass is 16.3. The molecule has 0 aliphatic carbocycles. The lowest BCUT2D eigenvalue weighted by Crippen LogP contribution is -2.42. The zero-order chi connectivity index (χ0) is 13.1. The number of piperidine rings is 1. The highest BCUT2D eigenvalue weighted by Gasteiger charge is 2.26. The molecule has 0 bridgehead atoms. The third-order valence-corrected chi connectivity index (χ3v) is 3.57. The average molecular weight is 258 g/mol. The maximum Gasteiger partial charge on any atom is 0.222 e. The number of benzene rings is 1. The van der Waals surface area contributed by atoms with Crippen molar-refractivity contribution >= 4 is 17.9 Å². The number of nitrogens with zero attached hydrogens (tertiary/aromatic N) is 2. The number of rotatable bonds is 2. The molecule has 5 nitrogen and oxygen atoms in total. The van der Waals surface area contributed by atoms with Gasteiger partial charge >= 0.3 is 0 Å². The van der Waals surface area contributed by atoms with Crippen LogP contribution in [-0.2, 0) is 6.61 Å². The first-order valence-electron chi connectivity index (χ1n) is 6.65. The molecule has 1 aromatic carbocycles. The van der Waals surface area contributed by atoms with Crippen LogP contribution in [-0.4, -0.2) is 36.4 Å². The van der Waals surface area contributed by atoms with Crippen LogP contribution in [0.4, 0.5) is 5.69 Å². The van der Waals surface area contributed by atoms with Gasteiger partial charge in [0, 0.05) is 24.4 Å². The van der Waals surface area contributed by atoms with Crippen LogP contribution in [0.3, 0.4) is 0 Å². The number of aliphatic hydroxyl groups is 1. The Morgan fingerprint density at radius 1 is 1.32 bits per heavy atom. The number of anilines is 1. The lowest BCUT2D eigenvalue weighted by molar-refractivity contribution is 0.282. The molecule has 0 radical (unpaired) electrons. The molecule has 100 valence electrons. The minimum atomic E-state index is 0.0643. The van der Waals surface area contributed by atoms with E-state index < -0.39 is 0 Å². The number of hydrogen-bond donors (Lipinski definition) is 3. The summed E-state index contributed by atoms with van der Waals surface area (Å²) >= 11 is 0. The Hall–Kier alpha value is -1.72. The summed E-state index contributed by atoms with van der Waals surface area (Å²) in [7, 11) is 0. The molecule has 0 aromatic heterocycles. The zero-order valence-electron chi connectivity index (χ0n) is 10.7. The standard InChI is InChI=1S/C14H18N4O/c19-9-10-1-3-12(4-2-10)17-14-16-7-11-5-6-15-8-13(11)18-14/h1-4,7,11,13,15,19H,5-6,8-9H2,(H,17,18). The van der Waals surface area contributed by atoms with Gasteiger partial charge < -0.3 is 15.7 Å². The molecule has 0 amide bonds. The minimum absolute atomic E-state index is 0.0643. The highest BCUT2D eigenvalue weighted by molar-refractivity contribution is 6.00. The predicted octanol–water partition coefficient (Wildman–Crippen LogP) is 1.01. The normalized spacial score (nSPS) is 25.6. The van der Waals surface area contributed by atoms with Crippen molar-refractivity contribution in [2.75, 3.05) is 18.4 Å². The maximum absolute atomic E-state index is 9.00. The first kappa shape index (κ1) is 12.3. The van der Waals surface area contributed by atoms with E-state index in [4.69, 9.17) is 5.11 Å². The molecule has 1 saturated heterocycles. The molecule has 2 unspecified atom stereocenters. The number of fused-ring (bicyclic) bond motifs is 1. The predicted molar refractivity (Wildman–Crippen MR) is 76.7 cm³/mol. The molecule has 1 fully saturated rings. The lowest BCUT2D eigenvalue weighted by atomic mass is 9.94. The second kappa shape index (κ2) is 5.50. The summed E-state index contributed by atoms with van der Waals surface area (Å²) in [5, 5.41) is 15.6. The van der Waals surface area contributed by atoms with Crippen LogP contribution < -0.4 is 10.6 Å². The Balaban J connectivity index is 1.69. The first-order valence-corrected chi connectivity index (χ1v) is 6.65. The molecule has 0 saturated carbocycles. The second-order valence-corrected chi connectivity index (χ2v) is 4.93. The second-order valence-electron chi connectivity index (χ2n) is 4.93. The molecule has 1 aromatic rings. The lowest BCUT2D eigenvalue weighted by Gasteiger charge is -2.29. The van der Waals surface area contributed by atoms with E-state index in [1.807, 2.05) is 30.5 Å². The van der Waals surface area contributed by atoms with Crippen LogP contribution in [0.15, 0.2) is 34.3 Å². The van der Waals surface area contributed by atoms with Gasteiger partial charge in [0.1, 0.15) is 0 Å². The van der Waals surface area contributed by atoms with Crippen molar-refractivity contribution in [2.45, 2.75) is 19.1 Å². The third-order valence-electron chi connectivity index (χ3n) is 3.57. The van der Waals surface area contributed by atoms with Crippen LogP contribution in [0.2, 0.25) is 0 Å². The number of guanidine groups is 1. The van der Waals surface area contributed by atoms with E-state index in [1.165, 1.54) is 0 Å². The highest BCUT2D eigenvalue weighted by Crippen LogP contribution is 2.18. The van der Waals surface area contributed by atoms with Crippen LogP contribution in [0.25, 0.3) is 0 Å². The van der Waals surface area contributed by atoms with Gasteiger partial charge in [-0.3, -0.25) is 0 Å². The summed E-state index contributed by atoms with van der Waals surface area (Å²) in [5.74, 6) is 1.14. The van der Waals surface area contributed by atoms with Crippen LogP contribution in [0.1, 0.15) is 12.0 Å². The Morgan fingerprint density at radius 3 is 2.95 bits per heavy atom. The first-order chi connectivity index (χ1) is 9.35. The van der Waals surface area contributed by atoms with Crippen molar-refractivity contribution in [3.63, 3.8) is 0 Å². The van der Waals surface area contributed by atoms with Crippen LogP contribution in [0, 0.1) is 5.92 Å². The van der Waals surface area contributed by atoms with Crippen LogP contribution >= 0.6 is 0 Å². The summed E-state index contributed by atoms with van der Waals surface area (Å²) < 4.78 is 0. The van der Waals surface area contributed by atoms with Gasteiger partial charge in [-0.15, -0.1) is 0 Å². The molecule has 2 aliphatic rings. The van der Waals surface area contributed by atoms with Gasteiger partial charge in [-0.25, -0.2) is 9.98 Å². The van der Waals surface area contributed by atoms with E-state index in [0.29, 0.717) is 17.9 Å². The van der Waals surface area contributed by atoms with Crippen molar-refractivity contribution in [2.24, 2.45) is 15.9 Å². The summed E-state index contributed by atoms with van der Waals surface area (Å²) in [5.41, 5.74) is 1.84. The van der Waals surface area contributed by atoms with Crippen LogP contribution in [0.5, 0.6) is 0 Å². The van der Waals surface area contributed by atoms with Gasteiger partial charge in [0.25, 0.3) is 0 Å². The van der Waals surface area contributed by atoms with Crippen molar-refractivity contribution in [3.05, 3.63) is 29.8 Å². The molecule has 2 atom stereocenters. The fourth-order valence-corrected chi connectivity index (χ4v) is 2.42. The SMILES string of the molecule is OCc1ccc(NC2=NC3CNCCC3C=N2)cc1. The smallest absolute Gasteiger partial charge is 0.222 e. The van der Waals surface area contributed by atoms with Crippen molar-refractivity contribution in [1.82, 2.24) is 5.32 Å². The molecule has 2 aliphatic heterocycles. The molecular weight excluding hydrogens is 240 g/mol.